The first-order valence-electron chi connectivity index (χ1n) is 6.74. The Labute approximate surface area is 123 Å². The molecule has 6 heteroatoms. The van der Waals surface area contributed by atoms with Crippen molar-refractivity contribution in [3.8, 4) is 0 Å². The molecule has 0 fully saturated rings. The fraction of sp³-hybridized carbons (Fsp3) is 0.267. The van der Waals surface area contributed by atoms with E-state index in [4.69, 9.17) is 11.5 Å². The highest BCUT2D eigenvalue weighted by molar-refractivity contribution is 5.98. The summed E-state index contributed by atoms with van der Waals surface area (Å²) in [5.41, 5.74) is 13.7. The van der Waals surface area contributed by atoms with Crippen molar-refractivity contribution in [1.82, 2.24) is 9.97 Å². The highest BCUT2D eigenvalue weighted by Gasteiger charge is 2.16. The van der Waals surface area contributed by atoms with Gasteiger partial charge >= 0.3 is 0 Å². The molecule has 0 aliphatic rings. The summed E-state index contributed by atoms with van der Waals surface area (Å²) in [5, 5.41) is 0. The van der Waals surface area contributed by atoms with Crippen LogP contribution in [-0.2, 0) is 6.54 Å². The van der Waals surface area contributed by atoms with Gasteiger partial charge in [-0.25, -0.2) is 4.98 Å². The monoisotopic (exact) mass is 285 g/mol. The number of hydrogen-bond donors (Lipinski definition) is 2. The van der Waals surface area contributed by atoms with Crippen LogP contribution in [0.3, 0.4) is 0 Å². The molecule has 0 unspecified atom stereocenters. The van der Waals surface area contributed by atoms with Gasteiger partial charge in [-0.2, -0.15) is 0 Å². The summed E-state index contributed by atoms with van der Waals surface area (Å²) in [6.07, 6.45) is 1.52. The van der Waals surface area contributed by atoms with Crippen molar-refractivity contribution in [3.63, 3.8) is 0 Å². The quantitative estimate of drug-likeness (QED) is 0.867. The molecule has 2 aromatic rings. The van der Waals surface area contributed by atoms with E-state index in [-0.39, 0.29) is 0 Å². The van der Waals surface area contributed by atoms with E-state index in [1.807, 2.05) is 36.9 Å². The molecule has 0 aromatic carbocycles. The van der Waals surface area contributed by atoms with Crippen molar-refractivity contribution in [1.29, 1.82) is 0 Å². The maximum atomic E-state index is 11.6. The number of anilines is 2. The first-order valence-corrected chi connectivity index (χ1v) is 6.74. The molecule has 0 spiro atoms. The Balaban J connectivity index is 2.35. The van der Waals surface area contributed by atoms with E-state index in [2.05, 4.69) is 9.97 Å². The third-order valence-corrected chi connectivity index (χ3v) is 3.13. The lowest BCUT2D eigenvalue weighted by atomic mass is 10.2. The van der Waals surface area contributed by atoms with Crippen LogP contribution in [-0.4, -0.2) is 22.4 Å². The number of carbonyl (C=O) groups is 1. The van der Waals surface area contributed by atoms with Crippen LogP contribution in [0.2, 0.25) is 0 Å². The smallest absolute Gasteiger partial charge is 0.252 e. The number of nitrogen functional groups attached to an aromatic ring is 1. The molecule has 110 valence electrons. The Morgan fingerprint density at radius 2 is 2.14 bits per heavy atom. The van der Waals surface area contributed by atoms with E-state index in [1.54, 1.807) is 6.07 Å². The average molecular weight is 285 g/mol. The number of hydrogen-bond acceptors (Lipinski definition) is 5. The van der Waals surface area contributed by atoms with E-state index in [0.717, 1.165) is 11.4 Å². The van der Waals surface area contributed by atoms with Gasteiger partial charge in [0.1, 0.15) is 5.82 Å². The SMILES string of the molecule is CCN(Cc1cccc(C)n1)c1ncc(N)cc1C(N)=O. The second-order valence-electron chi connectivity index (χ2n) is 4.79. The number of pyridine rings is 2. The highest BCUT2D eigenvalue weighted by Crippen LogP contribution is 2.21. The molecule has 4 N–H and O–H groups in total. The van der Waals surface area contributed by atoms with Crippen molar-refractivity contribution in [2.45, 2.75) is 20.4 Å². The van der Waals surface area contributed by atoms with Crippen LogP contribution in [0.25, 0.3) is 0 Å². The molecule has 21 heavy (non-hydrogen) atoms. The predicted molar refractivity (Wildman–Crippen MR) is 82.9 cm³/mol. The normalized spacial score (nSPS) is 10.4. The van der Waals surface area contributed by atoms with Crippen LogP contribution in [0.4, 0.5) is 11.5 Å². The Hall–Kier alpha value is -2.63. The molecular formula is C15H19N5O. The van der Waals surface area contributed by atoms with Crippen LogP contribution < -0.4 is 16.4 Å². The summed E-state index contributed by atoms with van der Waals surface area (Å²) >= 11 is 0. The van der Waals surface area contributed by atoms with Gasteiger partial charge in [-0.05, 0) is 32.0 Å². The van der Waals surface area contributed by atoms with Crippen molar-refractivity contribution >= 4 is 17.4 Å². The van der Waals surface area contributed by atoms with Crippen LogP contribution >= 0.6 is 0 Å². The lowest BCUT2D eigenvalue weighted by Gasteiger charge is -2.23. The third-order valence-electron chi connectivity index (χ3n) is 3.13. The maximum absolute atomic E-state index is 11.6. The highest BCUT2D eigenvalue weighted by atomic mass is 16.1. The summed E-state index contributed by atoms with van der Waals surface area (Å²) in [5.74, 6) is -0.0112. The molecule has 0 saturated heterocycles. The summed E-state index contributed by atoms with van der Waals surface area (Å²) in [7, 11) is 0. The van der Waals surface area contributed by atoms with Gasteiger partial charge in [0.05, 0.1) is 29.7 Å². The van der Waals surface area contributed by atoms with E-state index in [1.165, 1.54) is 6.20 Å². The van der Waals surface area contributed by atoms with Crippen molar-refractivity contribution < 1.29 is 4.79 Å². The van der Waals surface area contributed by atoms with Gasteiger partial charge in [-0.1, -0.05) is 6.07 Å². The van der Waals surface area contributed by atoms with E-state index < -0.39 is 5.91 Å². The van der Waals surface area contributed by atoms with Gasteiger partial charge < -0.3 is 16.4 Å². The topological polar surface area (TPSA) is 98.1 Å². The molecule has 0 atom stereocenters. The van der Waals surface area contributed by atoms with E-state index in [0.29, 0.717) is 30.2 Å². The number of nitrogens with zero attached hydrogens (tertiary/aromatic N) is 3. The van der Waals surface area contributed by atoms with E-state index >= 15 is 0 Å². The number of primary amides is 1. The lowest BCUT2D eigenvalue weighted by molar-refractivity contribution is 0.100. The van der Waals surface area contributed by atoms with Crippen molar-refractivity contribution in [2.75, 3.05) is 17.2 Å². The Kier molecular flexibility index (Phi) is 4.37. The minimum Gasteiger partial charge on any atom is -0.397 e. The number of carbonyl (C=O) groups excluding carboxylic acids is 1. The van der Waals surface area contributed by atoms with Crippen molar-refractivity contribution in [2.24, 2.45) is 5.73 Å². The van der Waals surface area contributed by atoms with Crippen LogP contribution in [0.15, 0.2) is 30.5 Å². The second kappa shape index (κ2) is 6.21. The zero-order chi connectivity index (χ0) is 15.4. The third kappa shape index (κ3) is 3.47. The lowest BCUT2D eigenvalue weighted by Crippen LogP contribution is -2.27. The number of rotatable bonds is 5. The molecule has 0 radical (unpaired) electrons. The zero-order valence-corrected chi connectivity index (χ0v) is 12.2. The Morgan fingerprint density at radius 3 is 2.76 bits per heavy atom. The van der Waals surface area contributed by atoms with Gasteiger partial charge in [0.15, 0.2) is 0 Å². The molecular weight excluding hydrogens is 266 g/mol. The first kappa shape index (κ1) is 14.8. The largest absolute Gasteiger partial charge is 0.397 e. The summed E-state index contributed by atoms with van der Waals surface area (Å²) in [4.78, 5) is 22.3. The number of aromatic nitrogens is 2. The molecule has 2 rings (SSSR count). The fourth-order valence-electron chi connectivity index (χ4n) is 2.13. The van der Waals surface area contributed by atoms with Crippen molar-refractivity contribution in [3.05, 3.63) is 47.4 Å². The fourth-order valence-corrected chi connectivity index (χ4v) is 2.13. The van der Waals surface area contributed by atoms with Gasteiger partial charge in [-0.15, -0.1) is 0 Å². The zero-order valence-electron chi connectivity index (χ0n) is 12.2. The second-order valence-corrected chi connectivity index (χ2v) is 4.79. The molecule has 6 nitrogen and oxygen atoms in total. The number of amides is 1. The van der Waals surface area contributed by atoms with Crippen LogP contribution in [0, 0.1) is 6.92 Å². The number of aryl methyl sites for hydroxylation is 1. The Bertz CT molecular complexity index is 656. The van der Waals surface area contributed by atoms with Crippen LogP contribution in [0.5, 0.6) is 0 Å². The molecule has 1 amide bonds. The maximum Gasteiger partial charge on any atom is 0.252 e. The molecule has 0 bridgehead atoms. The minimum absolute atomic E-state index is 0.324. The summed E-state index contributed by atoms with van der Waals surface area (Å²) in [6, 6.07) is 7.39. The molecule has 0 saturated carbocycles. The Morgan fingerprint density at radius 1 is 1.38 bits per heavy atom. The van der Waals surface area contributed by atoms with Gasteiger partial charge in [-0.3, -0.25) is 9.78 Å². The van der Waals surface area contributed by atoms with Gasteiger partial charge in [0, 0.05) is 12.2 Å². The average Bonchev–Trinajstić information content (AvgIpc) is 2.45. The molecule has 0 aliphatic heterocycles. The molecule has 0 aliphatic carbocycles. The molecule has 2 aromatic heterocycles. The summed E-state index contributed by atoms with van der Waals surface area (Å²) in [6.45, 7) is 5.15. The standard InChI is InChI=1S/C15H19N5O/c1-3-20(9-12-6-4-5-10(2)19-12)15-13(14(17)21)7-11(16)8-18-15/h4-8H,3,9,16H2,1-2H3,(H2,17,21). The first-order chi connectivity index (χ1) is 10.0. The molecule has 2 heterocycles. The number of nitrogens with two attached hydrogens (primary N) is 2. The predicted octanol–water partition coefficient (Wildman–Crippen LogP) is 1.49. The minimum atomic E-state index is -0.541. The van der Waals surface area contributed by atoms with Crippen LogP contribution in [0.1, 0.15) is 28.7 Å². The van der Waals surface area contributed by atoms with Gasteiger partial charge in [0.25, 0.3) is 5.91 Å². The van der Waals surface area contributed by atoms with E-state index in [9.17, 15) is 4.79 Å². The van der Waals surface area contributed by atoms with Gasteiger partial charge in [0.2, 0.25) is 0 Å². The summed E-state index contributed by atoms with van der Waals surface area (Å²) < 4.78 is 0.